The molecule has 2 aromatic carbocycles. The highest BCUT2D eigenvalue weighted by molar-refractivity contribution is 5.81. The molecule has 2 aromatic rings. The van der Waals surface area contributed by atoms with E-state index in [1.165, 1.54) is 18.2 Å². The van der Waals surface area contributed by atoms with E-state index < -0.39 is 11.8 Å². The molecule has 0 saturated heterocycles. The fourth-order valence-electron chi connectivity index (χ4n) is 3.13. The molecule has 0 radical (unpaired) electrons. The van der Waals surface area contributed by atoms with Gasteiger partial charge in [-0.15, -0.1) is 0 Å². The Kier molecular flexibility index (Phi) is 3.00. The lowest BCUT2D eigenvalue weighted by Gasteiger charge is -2.28. The highest BCUT2D eigenvalue weighted by atomic mass is 19.4. The van der Waals surface area contributed by atoms with Crippen LogP contribution in [-0.2, 0) is 5.60 Å². The molecule has 23 heavy (non-hydrogen) atoms. The van der Waals surface area contributed by atoms with Gasteiger partial charge in [-0.25, -0.2) is 0 Å². The van der Waals surface area contributed by atoms with Crippen LogP contribution in [0.4, 0.5) is 13.2 Å². The second kappa shape index (κ2) is 4.74. The number of rotatable bonds is 3. The fourth-order valence-corrected chi connectivity index (χ4v) is 3.13. The molecule has 2 aliphatic rings. The van der Waals surface area contributed by atoms with Crippen LogP contribution in [0.25, 0.3) is 11.1 Å². The molecular weight excluding hydrogens is 305 g/mol. The zero-order valence-corrected chi connectivity index (χ0v) is 12.2. The van der Waals surface area contributed by atoms with Crippen LogP contribution in [0.5, 0.6) is 5.75 Å². The Hall–Kier alpha value is -2.01. The molecule has 0 amide bonds. The topological polar surface area (TPSA) is 29.5 Å². The van der Waals surface area contributed by atoms with Crippen molar-refractivity contribution in [3.05, 3.63) is 53.6 Å². The predicted molar refractivity (Wildman–Crippen MR) is 79.2 cm³/mol. The van der Waals surface area contributed by atoms with E-state index in [-0.39, 0.29) is 11.1 Å². The second-order valence-corrected chi connectivity index (χ2v) is 6.22. The Morgan fingerprint density at radius 1 is 1.04 bits per heavy atom. The summed E-state index contributed by atoms with van der Waals surface area (Å²) in [5.74, 6) is 0.869. The zero-order valence-electron chi connectivity index (χ0n) is 12.2. The van der Waals surface area contributed by atoms with Crippen LogP contribution in [0.3, 0.4) is 0 Å². The average molecular weight is 320 g/mol. The number of fused-ring (bicyclic) bond motifs is 3. The summed E-state index contributed by atoms with van der Waals surface area (Å²) in [6.07, 6.45) is -2.60. The molecule has 0 heterocycles. The molecule has 2 nitrogen and oxygen atoms in total. The highest BCUT2D eigenvalue weighted by Gasteiger charge is 2.60. The first-order valence-corrected chi connectivity index (χ1v) is 7.57. The van der Waals surface area contributed by atoms with Crippen LogP contribution in [-0.4, -0.2) is 17.9 Å². The molecule has 0 aromatic heterocycles. The van der Waals surface area contributed by atoms with Gasteiger partial charge in [-0.3, -0.25) is 0 Å². The predicted octanol–water partition coefficient (Wildman–Crippen LogP) is 4.25. The highest BCUT2D eigenvalue weighted by Crippen LogP contribution is 2.55. The molecule has 0 aliphatic heterocycles. The molecule has 1 fully saturated rings. The smallest absolute Gasteiger partial charge is 0.425 e. The summed E-state index contributed by atoms with van der Waals surface area (Å²) in [7, 11) is 0. The largest absolute Gasteiger partial charge is 0.493 e. The number of halogens is 3. The molecule has 2 aliphatic carbocycles. The first-order valence-electron chi connectivity index (χ1n) is 7.57. The number of hydrogen-bond acceptors (Lipinski definition) is 2. The fraction of sp³-hybridized carbons (Fsp3) is 0.333. The van der Waals surface area contributed by atoms with Gasteiger partial charge in [-0.2, -0.15) is 13.2 Å². The maximum Gasteiger partial charge on any atom is 0.425 e. The number of alkyl halides is 3. The van der Waals surface area contributed by atoms with Crippen LogP contribution < -0.4 is 4.74 Å². The SMILES string of the molecule is OC1(C(F)(F)F)c2ccccc2-c2ccc(OCC3CC3)cc21. The van der Waals surface area contributed by atoms with Crippen molar-refractivity contribution in [2.75, 3.05) is 6.61 Å². The minimum Gasteiger partial charge on any atom is -0.493 e. The Morgan fingerprint density at radius 2 is 1.74 bits per heavy atom. The van der Waals surface area contributed by atoms with Crippen molar-refractivity contribution < 1.29 is 23.0 Å². The monoisotopic (exact) mass is 320 g/mol. The van der Waals surface area contributed by atoms with Crippen molar-refractivity contribution >= 4 is 0 Å². The minimum absolute atomic E-state index is 0.123. The summed E-state index contributed by atoms with van der Waals surface area (Å²) in [5.41, 5.74) is -2.45. The zero-order chi connectivity index (χ0) is 16.2. The third kappa shape index (κ3) is 2.14. The first kappa shape index (κ1) is 14.6. The lowest BCUT2D eigenvalue weighted by molar-refractivity contribution is -0.246. The maximum atomic E-state index is 13.7. The van der Waals surface area contributed by atoms with Gasteiger partial charge in [0.05, 0.1) is 6.61 Å². The van der Waals surface area contributed by atoms with Gasteiger partial charge >= 0.3 is 6.18 Å². The van der Waals surface area contributed by atoms with Crippen molar-refractivity contribution in [2.45, 2.75) is 24.6 Å². The summed E-state index contributed by atoms with van der Waals surface area (Å²) < 4.78 is 46.6. The van der Waals surface area contributed by atoms with Crippen LogP contribution in [0, 0.1) is 5.92 Å². The number of benzene rings is 2. The van der Waals surface area contributed by atoms with Gasteiger partial charge in [0.25, 0.3) is 0 Å². The van der Waals surface area contributed by atoms with E-state index in [0.717, 1.165) is 12.8 Å². The lowest BCUT2D eigenvalue weighted by Crippen LogP contribution is -2.41. The number of hydrogen-bond donors (Lipinski definition) is 1. The van der Waals surface area contributed by atoms with Crippen molar-refractivity contribution in [1.82, 2.24) is 0 Å². The van der Waals surface area contributed by atoms with Crippen molar-refractivity contribution in [1.29, 1.82) is 0 Å². The van der Waals surface area contributed by atoms with E-state index >= 15 is 0 Å². The van der Waals surface area contributed by atoms with Crippen molar-refractivity contribution in [3.63, 3.8) is 0 Å². The van der Waals surface area contributed by atoms with Crippen molar-refractivity contribution in [3.8, 4) is 16.9 Å². The molecule has 1 unspecified atom stereocenters. The summed E-state index contributed by atoms with van der Waals surface area (Å²) in [6, 6.07) is 10.7. The Balaban J connectivity index is 1.83. The molecule has 5 heteroatoms. The maximum absolute atomic E-state index is 13.7. The van der Waals surface area contributed by atoms with E-state index in [2.05, 4.69) is 0 Å². The Labute approximate surface area is 131 Å². The van der Waals surface area contributed by atoms with Crippen LogP contribution in [0.1, 0.15) is 24.0 Å². The summed E-state index contributed by atoms with van der Waals surface area (Å²) >= 11 is 0. The lowest BCUT2D eigenvalue weighted by atomic mass is 9.91. The van der Waals surface area contributed by atoms with Crippen LogP contribution in [0.2, 0.25) is 0 Å². The van der Waals surface area contributed by atoms with E-state index in [1.54, 1.807) is 24.3 Å². The van der Waals surface area contributed by atoms with E-state index in [4.69, 9.17) is 4.74 Å². The Morgan fingerprint density at radius 3 is 2.43 bits per heavy atom. The standard InChI is InChI=1S/C18H15F3O2/c19-18(20,21)17(22)15-4-2-1-3-13(15)14-8-7-12(9-16(14)17)23-10-11-5-6-11/h1-4,7-9,11,22H,5-6,10H2. The van der Waals surface area contributed by atoms with E-state index in [0.29, 0.717) is 29.4 Å². The molecular formula is C18H15F3O2. The van der Waals surface area contributed by atoms with Gasteiger partial charge in [0, 0.05) is 11.1 Å². The normalized spacial score (nSPS) is 22.6. The summed E-state index contributed by atoms with van der Waals surface area (Å²) in [4.78, 5) is 0. The quantitative estimate of drug-likeness (QED) is 0.916. The van der Waals surface area contributed by atoms with Crippen LogP contribution >= 0.6 is 0 Å². The molecule has 0 bridgehead atoms. The van der Waals surface area contributed by atoms with Gasteiger partial charge in [-0.05, 0) is 42.0 Å². The van der Waals surface area contributed by atoms with E-state index in [1.807, 2.05) is 0 Å². The van der Waals surface area contributed by atoms with E-state index in [9.17, 15) is 18.3 Å². The van der Waals surface area contributed by atoms with Gasteiger partial charge < -0.3 is 9.84 Å². The van der Waals surface area contributed by atoms with Gasteiger partial charge in [0.15, 0.2) is 0 Å². The molecule has 0 spiro atoms. The van der Waals surface area contributed by atoms with Gasteiger partial charge in [0.1, 0.15) is 5.75 Å². The second-order valence-electron chi connectivity index (χ2n) is 6.22. The molecule has 1 saturated carbocycles. The van der Waals surface area contributed by atoms with Crippen molar-refractivity contribution in [2.24, 2.45) is 5.92 Å². The van der Waals surface area contributed by atoms with Gasteiger partial charge in [0.2, 0.25) is 5.60 Å². The third-order valence-corrected chi connectivity index (χ3v) is 4.58. The summed E-state index contributed by atoms with van der Waals surface area (Å²) in [6.45, 7) is 0.510. The van der Waals surface area contributed by atoms with Gasteiger partial charge in [-0.1, -0.05) is 30.3 Å². The number of ether oxygens (including phenoxy) is 1. The molecule has 1 atom stereocenters. The third-order valence-electron chi connectivity index (χ3n) is 4.58. The number of aliphatic hydroxyl groups is 1. The first-order chi connectivity index (χ1) is 10.9. The average Bonchev–Trinajstić information content (AvgIpc) is 3.31. The molecule has 120 valence electrons. The minimum atomic E-state index is -4.80. The molecule has 4 rings (SSSR count). The van der Waals surface area contributed by atoms with Crippen LogP contribution in [0.15, 0.2) is 42.5 Å². The molecule has 1 N–H and O–H groups in total. The summed E-state index contributed by atoms with van der Waals surface area (Å²) in [5, 5.41) is 10.6. The Bertz CT molecular complexity index is 765.